The Morgan fingerprint density at radius 1 is 0.643 bits per heavy atom. The van der Waals surface area contributed by atoms with E-state index in [1.165, 1.54) is 0 Å². The first-order valence-electron chi connectivity index (χ1n) is 15.3. The van der Waals surface area contributed by atoms with Crippen LogP contribution in [-0.4, -0.2) is 140 Å². The maximum Gasteiger partial charge on any atom is 0.302 e. The zero-order valence-electron chi connectivity index (χ0n) is 24.7. The van der Waals surface area contributed by atoms with Crippen molar-refractivity contribution in [2.75, 3.05) is 80.8 Å². The predicted octanol–water partition coefficient (Wildman–Crippen LogP) is 5.15. The van der Waals surface area contributed by atoms with Gasteiger partial charge in [-0.3, -0.25) is 0 Å². The lowest BCUT2D eigenvalue weighted by Crippen LogP contribution is -2.67. The minimum absolute atomic E-state index is 0.360. The van der Waals surface area contributed by atoms with Crippen molar-refractivity contribution in [1.29, 1.82) is 0 Å². The molecular formula is C28H44O7S7. The molecule has 0 aromatic rings. The van der Waals surface area contributed by atoms with E-state index >= 15 is 0 Å². The maximum absolute atomic E-state index is 7.17. The molecule has 0 radical (unpaired) electrons. The molecular weight excluding hydrogens is 673 g/mol. The number of ether oxygens (including phenoxy) is 7. The number of hydrogen-bond donors (Lipinski definition) is 0. The van der Waals surface area contributed by atoms with Gasteiger partial charge >= 0.3 is 5.97 Å². The average molecular weight is 717 g/mol. The van der Waals surface area contributed by atoms with Crippen molar-refractivity contribution in [3.8, 4) is 0 Å². The van der Waals surface area contributed by atoms with E-state index in [2.05, 4.69) is 20.8 Å². The summed E-state index contributed by atoms with van der Waals surface area (Å²) in [4.78, 5) is -0.931. The van der Waals surface area contributed by atoms with E-state index in [0.717, 1.165) is 40.9 Å². The summed E-state index contributed by atoms with van der Waals surface area (Å²) in [5.74, 6) is 4.28. The van der Waals surface area contributed by atoms with E-state index in [4.69, 9.17) is 33.2 Å². The molecule has 7 heterocycles. The van der Waals surface area contributed by atoms with Crippen molar-refractivity contribution in [3.63, 3.8) is 0 Å². The summed E-state index contributed by atoms with van der Waals surface area (Å²) < 4.78 is 47.8. The minimum Gasteiger partial charge on any atom is -0.373 e. The van der Waals surface area contributed by atoms with E-state index in [1.54, 1.807) is 11.8 Å². The van der Waals surface area contributed by atoms with E-state index < -0.39 is 21.4 Å². The molecule has 9 atom stereocenters. The first-order chi connectivity index (χ1) is 20.4. The lowest BCUT2D eigenvalue weighted by molar-refractivity contribution is -0.413. The lowest BCUT2D eigenvalue weighted by Gasteiger charge is -2.47. The smallest absolute Gasteiger partial charge is 0.302 e. The fraction of sp³-hybridized carbons (Fsp3) is 1.00. The van der Waals surface area contributed by atoms with E-state index in [9.17, 15) is 0 Å². The second kappa shape index (κ2) is 13.6. The van der Waals surface area contributed by atoms with E-state index in [-0.39, 0.29) is 6.10 Å². The third-order valence-electron chi connectivity index (χ3n) is 8.32. The molecule has 0 bridgehead atoms. The van der Waals surface area contributed by atoms with Crippen LogP contribution in [0.25, 0.3) is 0 Å². The Balaban J connectivity index is 1.26. The third-order valence-corrected chi connectivity index (χ3v) is 15.8. The Kier molecular flexibility index (Phi) is 10.6. The summed E-state index contributed by atoms with van der Waals surface area (Å²) in [5.41, 5.74) is 0. The molecule has 7 saturated heterocycles. The first kappa shape index (κ1) is 32.7. The van der Waals surface area contributed by atoms with Gasteiger partial charge in [0, 0.05) is 72.6 Å². The highest BCUT2D eigenvalue weighted by Gasteiger charge is 2.89. The van der Waals surface area contributed by atoms with Gasteiger partial charge in [-0.25, -0.2) is 0 Å². The Labute approximate surface area is 280 Å². The average Bonchev–Trinajstić information content (AvgIpc) is 3.80. The molecule has 0 N–H and O–H groups in total. The van der Waals surface area contributed by atoms with Crippen molar-refractivity contribution >= 4 is 82.3 Å². The SMILES string of the molecule is CCCOC(C)C(OCC1CS1)(OCC1CS1)C1(OCC2CS2)SC1(C)C(OCC1CS1)(OCC1CS1)OCC1CS1. The van der Waals surface area contributed by atoms with Crippen molar-refractivity contribution in [2.45, 2.75) is 86.2 Å². The zero-order chi connectivity index (χ0) is 28.8. The highest BCUT2D eigenvalue weighted by atomic mass is 32.2. The molecule has 0 amide bonds. The molecule has 7 rings (SSSR count). The van der Waals surface area contributed by atoms with Crippen molar-refractivity contribution in [1.82, 2.24) is 0 Å². The minimum atomic E-state index is -1.28. The molecule has 0 spiro atoms. The monoisotopic (exact) mass is 716 g/mol. The fourth-order valence-electron chi connectivity index (χ4n) is 5.11. The van der Waals surface area contributed by atoms with Gasteiger partial charge in [-0.2, -0.15) is 70.6 Å². The van der Waals surface area contributed by atoms with Gasteiger partial charge < -0.3 is 33.2 Å². The largest absolute Gasteiger partial charge is 0.373 e. The molecule has 7 nitrogen and oxygen atoms in total. The number of thioether (sulfide) groups is 7. The van der Waals surface area contributed by atoms with Crippen LogP contribution in [0.1, 0.15) is 27.2 Å². The predicted molar refractivity (Wildman–Crippen MR) is 183 cm³/mol. The molecule has 42 heavy (non-hydrogen) atoms. The highest BCUT2D eigenvalue weighted by molar-refractivity contribution is 8.09. The molecule has 0 aliphatic carbocycles. The summed E-state index contributed by atoms with van der Waals surface area (Å²) in [6.07, 6.45) is 0.561. The van der Waals surface area contributed by atoms with Crippen LogP contribution in [0.15, 0.2) is 0 Å². The standard InChI is InChI=1S/C28H44O7S7/c1-4-5-29-18(2)26(30-6-19-12-36-19,31-7-20-13-37-20)27(32-8-21-14-38-21)25(3,42-27)28(33-9-22-15-39-22,34-10-23-16-40-23)35-11-24-17-41-24/h18-24H,4-17H2,1-3H3. The van der Waals surface area contributed by atoms with Crippen LogP contribution in [0.4, 0.5) is 0 Å². The van der Waals surface area contributed by atoms with Crippen LogP contribution in [-0.2, 0) is 33.2 Å². The van der Waals surface area contributed by atoms with Gasteiger partial charge in [-0.15, -0.1) is 11.8 Å². The quantitative estimate of drug-likeness (QED) is 0.0978. The molecule has 7 aliphatic heterocycles. The second-order valence-electron chi connectivity index (χ2n) is 12.1. The van der Waals surface area contributed by atoms with Gasteiger partial charge in [-0.1, -0.05) is 6.92 Å². The van der Waals surface area contributed by atoms with Crippen molar-refractivity contribution < 1.29 is 33.2 Å². The summed E-state index contributed by atoms with van der Waals surface area (Å²) >= 11 is 13.3. The van der Waals surface area contributed by atoms with E-state index in [1.807, 2.05) is 70.6 Å². The van der Waals surface area contributed by atoms with Gasteiger partial charge in [0.25, 0.3) is 0 Å². The Morgan fingerprint density at radius 2 is 1.02 bits per heavy atom. The Hall–Kier alpha value is 2.17. The molecule has 0 aromatic carbocycles. The van der Waals surface area contributed by atoms with Crippen molar-refractivity contribution in [3.05, 3.63) is 0 Å². The zero-order valence-corrected chi connectivity index (χ0v) is 30.4. The highest BCUT2D eigenvalue weighted by Crippen LogP contribution is 2.76. The third kappa shape index (κ3) is 7.57. The molecule has 0 aromatic heterocycles. The molecule has 240 valence electrons. The van der Waals surface area contributed by atoms with Crippen LogP contribution in [0, 0.1) is 0 Å². The maximum atomic E-state index is 7.17. The summed E-state index contributed by atoms with van der Waals surface area (Å²) in [6.45, 7) is 10.7. The van der Waals surface area contributed by atoms with Crippen LogP contribution in [0.3, 0.4) is 0 Å². The van der Waals surface area contributed by atoms with E-state index in [0.29, 0.717) is 77.7 Å². The normalized spacial score (nSPS) is 42.4. The summed E-state index contributed by atoms with van der Waals surface area (Å²) in [7, 11) is 0. The topological polar surface area (TPSA) is 64.6 Å². The van der Waals surface area contributed by atoms with Crippen LogP contribution in [0.2, 0.25) is 0 Å². The summed E-state index contributed by atoms with van der Waals surface area (Å²) in [6, 6.07) is 0. The lowest BCUT2D eigenvalue weighted by atomic mass is 9.90. The van der Waals surface area contributed by atoms with Crippen LogP contribution in [0.5, 0.6) is 0 Å². The number of hydrogen-bond acceptors (Lipinski definition) is 14. The first-order valence-corrected chi connectivity index (χ1v) is 22.4. The number of rotatable bonds is 24. The van der Waals surface area contributed by atoms with Crippen LogP contribution >= 0.6 is 82.3 Å². The molecule has 14 heteroatoms. The molecule has 7 aliphatic rings. The molecule has 7 fully saturated rings. The molecule has 9 unspecified atom stereocenters. The molecule has 0 saturated carbocycles. The summed E-state index contributed by atoms with van der Waals surface area (Å²) in [5, 5.41) is 2.89. The van der Waals surface area contributed by atoms with Gasteiger partial charge in [0.05, 0.1) is 39.6 Å². The van der Waals surface area contributed by atoms with Crippen molar-refractivity contribution in [2.24, 2.45) is 0 Å². The van der Waals surface area contributed by atoms with Gasteiger partial charge in [0.1, 0.15) is 10.9 Å². The fourth-order valence-corrected chi connectivity index (χ4v) is 9.20. The second-order valence-corrected chi connectivity index (χ2v) is 21.7. The van der Waals surface area contributed by atoms with Gasteiger partial charge in [-0.05, 0) is 20.3 Å². The Morgan fingerprint density at radius 3 is 1.40 bits per heavy atom. The van der Waals surface area contributed by atoms with Gasteiger partial charge in [0.15, 0.2) is 4.93 Å². The van der Waals surface area contributed by atoms with Crippen LogP contribution < -0.4 is 0 Å². The Bertz CT molecular complexity index is 871. The van der Waals surface area contributed by atoms with Gasteiger partial charge in [0.2, 0.25) is 5.79 Å².